The van der Waals surface area contributed by atoms with Crippen molar-refractivity contribution in [2.24, 2.45) is 5.92 Å². The molecule has 0 unspecified atom stereocenters. The largest absolute Gasteiger partial charge is 0.491 e. The van der Waals surface area contributed by atoms with E-state index in [4.69, 9.17) is 9.84 Å². The van der Waals surface area contributed by atoms with E-state index >= 15 is 0 Å². The molecule has 2 atom stereocenters. The normalized spacial score (nSPS) is 22.4. The molecule has 19 heavy (non-hydrogen) atoms. The Morgan fingerprint density at radius 2 is 2.00 bits per heavy atom. The number of ether oxygens (including phenoxy) is 1. The molecule has 102 valence electrons. The number of carboxylic acids is 1. The zero-order valence-corrected chi connectivity index (χ0v) is 10.9. The zero-order chi connectivity index (χ0) is 14.0. The maximum Gasteiger partial charge on any atom is 0.316 e. The van der Waals surface area contributed by atoms with Gasteiger partial charge < -0.3 is 15.2 Å². The van der Waals surface area contributed by atoms with Gasteiger partial charge in [-0.3, -0.25) is 9.59 Å². The van der Waals surface area contributed by atoms with Crippen molar-refractivity contribution in [3.8, 4) is 5.75 Å². The third-order valence-electron chi connectivity index (χ3n) is 3.13. The highest BCUT2D eigenvalue weighted by atomic mass is 16.5. The predicted molar refractivity (Wildman–Crippen MR) is 69.1 cm³/mol. The van der Waals surface area contributed by atoms with Crippen molar-refractivity contribution in [1.29, 1.82) is 0 Å². The van der Waals surface area contributed by atoms with Crippen LogP contribution in [0.1, 0.15) is 25.3 Å². The Bertz CT molecular complexity index is 481. The van der Waals surface area contributed by atoms with Crippen molar-refractivity contribution in [1.82, 2.24) is 5.32 Å². The first kappa shape index (κ1) is 13.4. The van der Waals surface area contributed by atoms with Gasteiger partial charge in [-0.15, -0.1) is 0 Å². The van der Waals surface area contributed by atoms with Crippen LogP contribution in [0.15, 0.2) is 24.3 Å². The number of carbonyl (C=O) groups excluding carboxylic acids is 1. The van der Waals surface area contributed by atoms with Crippen LogP contribution >= 0.6 is 0 Å². The average Bonchev–Trinajstić information content (AvgIpc) is 2.71. The lowest BCUT2D eigenvalue weighted by Crippen LogP contribution is -2.26. The molecule has 1 fully saturated rings. The summed E-state index contributed by atoms with van der Waals surface area (Å²) < 4.78 is 5.53. The van der Waals surface area contributed by atoms with Crippen molar-refractivity contribution in [3.05, 3.63) is 29.8 Å². The minimum atomic E-state index is -1.08. The molecular weight excluding hydrogens is 246 g/mol. The lowest BCUT2D eigenvalue weighted by molar-refractivity contribution is -0.145. The second-order valence-corrected chi connectivity index (χ2v) is 4.90. The lowest BCUT2D eigenvalue weighted by atomic mass is 9.88. The van der Waals surface area contributed by atoms with Crippen LogP contribution in [0.2, 0.25) is 0 Å². The highest BCUT2D eigenvalue weighted by Crippen LogP contribution is 2.30. The van der Waals surface area contributed by atoms with Crippen LogP contribution in [0.5, 0.6) is 5.75 Å². The van der Waals surface area contributed by atoms with Crippen LogP contribution in [0.3, 0.4) is 0 Å². The van der Waals surface area contributed by atoms with E-state index in [2.05, 4.69) is 5.32 Å². The van der Waals surface area contributed by atoms with Crippen LogP contribution in [-0.4, -0.2) is 29.6 Å². The summed E-state index contributed by atoms with van der Waals surface area (Å²) in [5, 5.41) is 11.7. The molecule has 5 heteroatoms. The van der Waals surface area contributed by atoms with E-state index in [1.165, 1.54) is 0 Å². The Labute approximate surface area is 111 Å². The number of rotatable bonds is 4. The lowest BCUT2D eigenvalue weighted by Gasteiger charge is -2.15. The summed E-state index contributed by atoms with van der Waals surface area (Å²) in [6.07, 6.45) is 0.0901. The van der Waals surface area contributed by atoms with E-state index in [1.54, 1.807) is 12.1 Å². The minimum absolute atomic E-state index is 0.0901. The van der Waals surface area contributed by atoms with E-state index in [0.29, 0.717) is 6.54 Å². The van der Waals surface area contributed by atoms with E-state index in [0.717, 1.165) is 11.3 Å². The maximum atomic E-state index is 11.5. The molecule has 1 aromatic carbocycles. The molecule has 0 aromatic heterocycles. The summed E-state index contributed by atoms with van der Waals surface area (Å²) in [5.41, 5.74) is 0.835. The Morgan fingerprint density at radius 1 is 1.37 bits per heavy atom. The highest BCUT2D eigenvalue weighted by Gasteiger charge is 2.40. The van der Waals surface area contributed by atoms with E-state index in [-0.39, 0.29) is 12.0 Å². The summed E-state index contributed by atoms with van der Waals surface area (Å²) in [6.45, 7) is 4.24. The van der Waals surface area contributed by atoms with Gasteiger partial charge in [0.2, 0.25) is 5.91 Å². The zero-order valence-electron chi connectivity index (χ0n) is 10.9. The van der Waals surface area contributed by atoms with Gasteiger partial charge in [-0.25, -0.2) is 0 Å². The second-order valence-electron chi connectivity index (χ2n) is 4.90. The van der Waals surface area contributed by atoms with E-state index in [9.17, 15) is 9.59 Å². The number of carbonyl (C=O) groups is 2. The fourth-order valence-electron chi connectivity index (χ4n) is 2.28. The molecule has 0 spiro atoms. The Kier molecular flexibility index (Phi) is 3.74. The van der Waals surface area contributed by atoms with Crippen molar-refractivity contribution >= 4 is 11.9 Å². The molecule has 1 amide bonds. The average molecular weight is 263 g/mol. The van der Waals surface area contributed by atoms with Crippen LogP contribution < -0.4 is 10.1 Å². The molecule has 1 heterocycles. The minimum Gasteiger partial charge on any atom is -0.491 e. The van der Waals surface area contributed by atoms with Crippen LogP contribution in [0, 0.1) is 5.92 Å². The molecule has 0 aliphatic carbocycles. The van der Waals surface area contributed by atoms with E-state index < -0.39 is 17.8 Å². The molecule has 1 saturated heterocycles. The summed E-state index contributed by atoms with van der Waals surface area (Å²) in [6, 6.07) is 7.24. The SMILES string of the molecule is CC(C)Oc1ccc([C@H]2CNC(=O)[C@H]2C(=O)O)cc1. The third-order valence-corrected chi connectivity index (χ3v) is 3.13. The maximum absolute atomic E-state index is 11.5. The first-order valence-corrected chi connectivity index (χ1v) is 6.26. The summed E-state index contributed by atoms with van der Waals surface area (Å²) in [7, 11) is 0. The van der Waals surface area contributed by atoms with Crippen molar-refractivity contribution in [3.63, 3.8) is 0 Å². The summed E-state index contributed by atoms with van der Waals surface area (Å²) >= 11 is 0. The Morgan fingerprint density at radius 3 is 2.53 bits per heavy atom. The summed E-state index contributed by atoms with van der Waals surface area (Å²) in [4.78, 5) is 22.6. The Balaban J connectivity index is 2.18. The van der Waals surface area contributed by atoms with Gasteiger partial charge in [-0.1, -0.05) is 12.1 Å². The van der Waals surface area contributed by atoms with Gasteiger partial charge in [0.25, 0.3) is 0 Å². The fourth-order valence-corrected chi connectivity index (χ4v) is 2.28. The van der Waals surface area contributed by atoms with Gasteiger partial charge in [0.1, 0.15) is 11.7 Å². The van der Waals surface area contributed by atoms with Gasteiger partial charge in [-0.05, 0) is 31.5 Å². The smallest absolute Gasteiger partial charge is 0.316 e. The number of aliphatic carboxylic acids is 1. The van der Waals surface area contributed by atoms with Crippen molar-refractivity contribution < 1.29 is 19.4 Å². The topological polar surface area (TPSA) is 75.6 Å². The van der Waals surface area contributed by atoms with Crippen LogP contribution in [0.25, 0.3) is 0 Å². The van der Waals surface area contributed by atoms with Crippen LogP contribution in [0.4, 0.5) is 0 Å². The van der Waals surface area contributed by atoms with E-state index in [1.807, 2.05) is 26.0 Å². The quantitative estimate of drug-likeness (QED) is 0.805. The first-order valence-electron chi connectivity index (χ1n) is 6.26. The van der Waals surface area contributed by atoms with Gasteiger partial charge in [0, 0.05) is 12.5 Å². The van der Waals surface area contributed by atoms with Crippen molar-refractivity contribution in [2.45, 2.75) is 25.9 Å². The molecule has 0 bridgehead atoms. The standard InChI is InChI=1S/C14H17NO4/c1-8(2)19-10-5-3-9(4-6-10)11-7-15-13(16)12(11)14(17)18/h3-6,8,11-12H,7H2,1-2H3,(H,15,16)(H,17,18)/t11-,12+/m1/s1. The second kappa shape index (κ2) is 5.30. The van der Waals surface area contributed by atoms with Gasteiger partial charge in [0.05, 0.1) is 6.10 Å². The molecule has 5 nitrogen and oxygen atoms in total. The molecule has 1 aliphatic heterocycles. The molecule has 0 radical (unpaired) electrons. The molecule has 1 aromatic rings. The fraction of sp³-hybridized carbons (Fsp3) is 0.429. The number of amides is 1. The Hall–Kier alpha value is -2.04. The number of carboxylic acid groups (broad SMARTS) is 1. The van der Waals surface area contributed by atoms with Gasteiger partial charge >= 0.3 is 5.97 Å². The highest BCUT2D eigenvalue weighted by molar-refractivity contribution is 5.99. The van der Waals surface area contributed by atoms with Gasteiger partial charge in [-0.2, -0.15) is 0 Å². The number of nitrogens with one attached hydrogen (secondary N) is 1. The number of benzene rings is 1. The third kappa shape index (κ3) is 2.86. The van der Waals surface area contributed by atoms with Crippen molar-refractivity contribution in [2.75, 3.05) is 6.54 Å². The molecule has 0 saturated carbocycles. The number of hydrogen-bond donors (Lipinski definition) is 2. The molecular formula is C14H17NO4. The molecule has 2 rings (SSSR count). The predicted octanol–water partition coefficient (Wildman–Crippen LogP) is 1.39. The van der Waals surface area contributed by atoms with Gasteiger partial charge in [0.15, 0.2) is 0 Å². The summed E-state index contributed by atoms with van der Waals surface area (Å²) in [5.74, 6) is -2.08. The first-order chi connectivity index (χ1) is 8.99. The number of hydrogen-bond acceptors (Lipinski definition) is 3. The monoisotopic (exact) mass is 263 g/mol. The van der Waals surface area contributed by atoms with Crippen LogP contribution in [-0.2, 0) is 9.59 Å². The molecule has 2 N–H and O–H groups in total. The molecule has 1 aliphatic rings.